The Kier molecular flexibility index (Phi) is 7.65. The molecule has 0 saturated carbocycles. The molecule has 0 radical (unpaired) electrons. The summed E-state index contributed by atoms with van der Waals surface area (Å²) >= 11 is -2.36. The average Bonchev–Trinajstić information content (AvgIpc) is 2.47. The highest BCUT2D eigenvalue weighted by molar-refractivity contribution is 7.76. The summed E-state index contributed by atoms with van der Waals surface area (Å²) in [6, 6.07) is 12.8. The van der Waals surface area contributed by atoms with E-state index in [0.29, 0.717) is 6.54 Å². The highest BCUT2D eigenvalue weighted by Crippen LogP contribution is 2.04. The van der Waals surface area contributed by atoms with Crippen LogP contribution in [-0.2, 0) is 17.8 Å². The number of nitrogens with zero attached hydrogens (tertiary/aromatic N) is 1. The van der Waals surface area contributed by atoms with Crippen LogP contribution in [0, 0.1) is 0 Å². The standard InChI is InChI=1S/C13H13N3O.H3NO2S/c17-13(16-12-4-2-1-3-5-12)15-10-11-6-8-14-9-7-11;1-4(2)3/h1-9H,10H2,(H2,15,16,17);1H2,(H,2,3)/p-1. The van der Waals surface area contributed by atoms with Gasteiger partial charge in [-0.3, -0.25) is 14.3 Å². The minimum atomic E-state index is -2.36. The lowest BCUT2D eigenvalue weighted by Crippen LogP contribution is -2.28. The number of amides is 2. The lowest BCUT2D eigenvalue weighted by Gasteiger charge is -2.07. The van der Waals surface area contributed by atoms with Crippen molar-refractivity contribution in [1.29, 1.82) is 0 Å². The van der Waals surface area contributed by atoms with Crippen molar-refractivity contribution in [2.75, 3.05) is 5.32 Å². The van der Waals surface area contributed by atoms with Gasteiger partial charge in [0.1, 0.15) is 0 Å². The maximum absolute atomic E-state index is 11.5. The molecule has 1 unspecified atom stereocenters. The van der Waals surface area contributed by atoms with Crippen LogP contribution in [0.3, 0.4) is 0 Å². The molecule has 2 aromatic rings. The van der Waals surface area contributed by atoms with Crippen molar-refractivity contribution in [3.63, 3.8) is 0 Å². The van der Waals surface area contributed by atoms with Crippen LogP contribution in [0.2, 0.25) is 0 Å². The molecule has 2 amide bonds. The molecule has 0 saturated heterocycles. The summed E-state index contributed by atoms with van der Waals surface area (Å²) in [6.45, 7) is 0.487. The number of pyridine rings is 1. The molecule has 0 aliphatic heterocycles. The smallest absolute Gasteiger partial charge is 0.319 e. The van der Waals surface area contributed by atoms with E-state index in [0.717, 1.165) is 11.3 Å². The number of carbonyl (C=O) groups is 1. The Labute approximate surface area is 125 Å². The van der Waals surface area contributed by atoms with Gasteiger partial charge < -0.3 is 15.2 Å². The summed E-state index contributed by atoms with van der Waals surface area (Å²) in [5, 5.41) is 9.54. The molecule has 112 valence electrons. The van der Waals surface area contributed by atoms with Crippen LogP contribution < -0.4 is 15.8 Å². The van der Waals surface area contributed by atoms with Crippen LogP contribution in [0.5, 0.6) is 0 Å². The van der Waals surface area contributed by atoms with E-state index in [1.165, 1.54) is 0 Å². The van der Waals surface area contributed by atoms with E-state index in [-0.39, 0.29) is 6.03 Å². The predicted octanol–water partition coefficient (Wildman–Crippen LogP) is 1.14. The second-order valence-electron chi connectivity index (χ2n) is 3.79. The number of nitrogens with two attached hydrogens (primary N) is 1. The monoisotopic (exact) mass is 307 g/mol. The lowest BCUT2D eigenvalue weighted by atomic mass is 10.3. The Morgan fingerprint density at radius 1 is 1.19 bits per heavy atom. The summed E-state index contributed by atoms with van der Waals surface area (Å²) in [4.78, 5) is 15.5. The number of aromatic nitrogens is 1. The molecule has 1 heterocycles. The average molecular weight is 307 g/mol. The minimum Gasteiger partial charge on any atom is -0.760 e. The number of benzene rings is 1. The topological polar surface area (TPSA) is 120 Å². The van der Waals surface area contributed by atoms with Crippen molar-refractivity contribution in [3.05, 3.63) is 60.4 Å². The number of hydrogen-bond acceptors (Lipinski definition) is 4. The quantitative estimate of drug-likeness (QED) is 0.736. The zero-order valence-corrected chi connectivity index (χ0v) is 11.9. The maximum atomic E-state index is 11.5. The third-order valence-electron chi connectivity index (χ3n) is 2.23. The van der Waals surface area contributed by atoms with E-state index in [9.17, 15) is 4.79 Å². The van der Waals surface area contributed by atoms with Gasteiger partial charge in [-0.15, -0.1) is 0 Å². The van der Waals surface area contributed by atoms with Gasteiger partial charge in [-0.05, 0) is 29.8 Å². The third-order valence-corrected chi connectivity index (χ3v) is 2.23. The molecule has 0 bridgehead atoms. The number of hydrogen-bond donors (Lipinski definition) is 3. The Bertz CT molecular complexity index is 562. The van der Waals surface area contributed by atoms with Gasteiger partial charge in [0, 0.05) is 35.9 Å². The summed E-state index contributed by atoms with van der Waals surface area (Å²) in [5.74, 6) is 0. The highest BCUT2D eigenvalue weighted by atomic mass is 32.2. The molecule has 4 N–H and O–H groups in total. The maximum Gasteiger partial charge on any atom is 0.319 e. The SMILES string of the molecule is NS(=O)[O-].O=C(NCc1ccncc1)Nc1ccccc1. The van der Waals surface area contributed by atoms with Crippen molar-refractivity contribution < 1.29 is 13.6 Å². The summed E-state index contributed by atoms with van der Waals surface area (Å²) < 4.78 is 17.6. The van der Waals surface area contributed by atoms with Gasteiger partial charge in [0.2, 0.25) is 0 Å². The van der Waals surface area contributed by atoms with Crippen molar-refractivity contribution in [1.82, 2.24) is 10.3 Å². The molecule has 21 heavy (non-hydrogen) atoms. The molecular weight excluding hydrogens is 292 g/mol. The molecule has 7 nitrogen and oxygen atoms in total. The number of anilines is 1. The number of para-hydroxylation sites is 1. The van der Waals surface area contributed by atoms with E-state index < -0.39 is 11.3 Å². The molecule has 2 rings (SSSR count). The first-order valence-electron chi connectivity index (χ1n) is 5.90. The molecule has 0 spiro atoms. The predicted molar refractivity (Wildman–Crippen MR) is 79.6 cm³/mol. The lowest BCUT2D eigenvalue weighted by molar-refractivity contribution is 0.251. The summed E-state index contributed by atoms with van der Waals surface area (Å²) in [6.07, 6.45) is 3.40. The fraction of sp³-hybridized carbons (Fsp3) is 0.0769. The zero-order valence-electron chi connectivity index (χ0n) is 11.1. The molecule has 0 fully saturated rings. The fourth-order valence-corrected chi connectivity index (χ4v) is 1.38. The van der Waals surface area contributed by atoms with Gasteiger partial charge >= 0.3 is 6.03 Å². The first-order chi connectivity index (χ1) is 10.1. The molecule has 0 aliphatic carbocycles. The van der Waals surface area contributed by atoms with E-state index in [1.54, 1.807) is 12.4 Å². The normalized spacial score (nSPS) is 10.8. The first-order valence-corrected chi connectivity index (χ1v) is 7.04. The van der Waals surface area contributed by atoms with Crippen molar-refractivity contribution in [2.24, 2.45) is 5.14 Å². The molecule has 1 aromatic heterocycles. The Morgan fingerprint density at radius 2 is 1.76 bits per heavy atom. The number of urea groups is 1. The van der Waals surface area contributed by atoms with Crippen LogP contribution in [0.15, 0.2) is 54.9 Å². The Hall–Kier alpha value is -2.29. The van der Waals surface area contributed by atoms with Gasteiger partial charge in [0.05, 0.1) is 0 Å². The van der Waals surface area contributed by atoms with Gasteiger partial charge in [-0.25, -0.2) is 4.79 Å². The second-order valence-corrected chi connectivity index (χ2v) is 4.31. The highest BCUT2D eigenvalue weighted by Gasteiger charge is 2.00. The number of rotatable bonds is 3. The van der Waals surface area contributed by atoms with E-state index >= 15 is 0 Å². The molecule has 8 heteroatoms. The molecule has 0 aliphatic rings. The van der Waals surface area contributed by atoms with Gasteiger partial charge in [0.15, 0.2) is 0 Å². The zero-order chi connectivity index (χ0) is 15.5. The molecular formula is C13H15N4O3S-. The van der Waals surface area contributed by atoms with Gasteiger partial charge in [0.25, 0.3) is 0 Å². The van der Waals surface area contributed by atoms with Crippen LogP contribution in [0.25, 0.3) is 0 Å². The largest absolute Gasteiger partial charge is 0.760 e. The Balaban J connectivity index is 0.000000491. The fourth-order valence-electron chi connectivity index (χ4n) is 1.38. The second kappa shape index (κ2) is 9.59. The van der Waals surface area contributed by atoms with Gasteiger partial charge in [-0.2, -0.15) is 0 Å². The summed E-state index contributed by atoms with van der Waals surface area (Å²) in [5.41, 5.74) is 1.79. The van der Waals surface area contributed by atoms with Gasteiger partial charge in [-0.1, -0.05) is 18.2 Å². The first kappa shape index (κ1) is 16.8. The van der Waals surface area contributed by atoms with E-state index in [4.69, 9.17) is 8.76 Å². The number of nitrogens with one attached hydrogen (secondary N) is 2. The van der Waals surface area contributed by atoms with Crippen LogP contribution in [-0.4, -0.2) is 19.8 Å². The molecule has 1 aromatic carbocycles. The van der Waals surface area contributed by atoms with E-state index in [2.05, 4.69) is 20.8 Å². The van der Waals surface area contributed by atoms with Crippen molar-refractivity contribution in [2.45, 2.75) is 6.54 Å². The Morgan fingerprint density at radius 3 is 2.33 bits per heavy atom. The van der Waals surface area contributed by atoms with Crippen LogP contribution in [0.1, 0.15) is 5.56 Å². The van der Waals surface area contributed by atoms with Crippen LogP contribution in [0.4, 0.5) is 10.5 Å². The minimum absolute atomic E-state index is 0.215. The number of carbonyl (C=O) groups excluding carboxylic acids is 1. The van der Waals surface area contributed by atoms with E-state index in [1.807, 2.05) is 42.5 Å². The van der Waals surface area contributed by atoms with Crippen molar-refractivity contribution >= 4 is 23.0 Å². The van der Waals surface area contributed by atoms with Crippen molar-refractivity contribution in [3.8, 4) is 0 Å². The third kappa shape index (κ3) is 8.47. The molecule has 1 atom stereocenters. The summed E-state index contributed by atoms with van der Waals surface area (Å²) in [7, 11) is 0. The van der Waals surface area contributed by atoms with Crippen LogP contribution >= 0.6 is 0 Å².